The number of amides is 1. The van der Waals surface area contributed by atoms with Crippen molar-refractivity contribution < 1.29 is 4.79 Å². The zero-order valence-corrected chi connectivity index (χ0v) is 15.0. The molecule has 134 valence electrons. The van der Waals surface area contributed by atoms with Gasteiger partial charge in [0.05, 0.1) is 5.92 Å². The predicted molar refractivity (Wildman–Crippen MR) is 102 cm³/mol. The molecule has 1 heterocycles. The summed E-state index contributed by atoms with van der Waals surface area (Å²) >= 11 is 0. The van der Waals surface area contributed by atoms with Crippen molar-refractivity contribution in [2.24, 2.45) is 0 Å². The van der Waals surface area contributed by atoms with Gasteiger partial charge in [-0.15, -0.1) is 0 Å². The van der Waals surface area contributed by atoms with Gasteiger partial charge in [0.25, 0.3) is 0 Å². The molecule has 1 aromatic carbocycles. The molecular weight excluding hydrogens is 312 g/mol. The van der Waals surface area contributed by atoms with Crippen molar-refractivity contribution in [3.05, 3.63) is 46.2 Å². The van der Waals surface area contributed by atoms with E-state index >= 15 is 0 Å². The third kappa shape index (κ3) is 4.50. The van der Waals surface area contributed by atoms with Crippen LogP contribution in [0, 0.1) is 0 Å². The van der Waals surface area contributed by atoms with Crippen LogP contribution in [0.15, 0.2) is 35.1 Å². The molecule has 1 atom stereocenters. The van der Waals surface area contributed by atoms with Gasteiger partial charge < -0.3 is 10.3 Å². The number of hydrogen-bond acceptors (Lipinski definition) is 2. The fourth-order valence-electron chi connectivity index (χ4n) is 3.80. The second-order valence-electron chi connectivity index (χ2n) is 7.21. The third-order valence-corrected chi connectivity index (χ3v) is 5.26. The number of aromatic amines is 1. The molecule has 1 saturated carbocycles. The molecular formula is C21H28N2O2. The van der Waals surface area contributed by atoms with Gasteiger partial charge in [-0.25, -0.2) is 0 Å². The Kier molecular flexibility index (Phi) is 5.90. The Labute approximate surface area is 149 Å². The van der Waals surface area contributed by atoms with Gasteiger partial charge in [0.1, 0.15) is 0 Å². The SMILES string of the molecule is CCCCC(C(=O)NC1CCCCC1)c1ccc2[nH]c(=O)ccc2c1. The molecule has 1 unspecified atom stereocenters. The molecule has 1 aromatic heterocycles. The van der Waals surface area contributed by atoms with Crippen LogP contribution in [-0.2, 0) is 4.79 Å². The van der Waals surface area contributed by atoms with Crippen LogP contribution < -0.4 is 10.9 Å². The summed E-state index contributed by atoms with van der Waals surface area (Å²) in [6, 6.07) is 9.65. The molecule has 25 heavy (non-hydrogen) atoms. The second-order valence-corrected chi connectivity index (χ2v) is 7.21. The predicted octanol–water partition coefficient (Wildman–Crippen LogP) is 4.25. The fourth-order valence-corrected chi connectivity index (χ4v) is 3.80. The standard InChI is InChI=1S/C21H28N2O2/c1-2-3-9-18(21(25)22-17-7-5-4-6-8-17)15-10-12-19-16(14-15)11-13-20(24)23-19/h10-14,17-18H,2-9H2,1H3,(H,22,25)(H,23,24). The summed E-state index contributed by atoms with van der Waals surface area (Å²) in [6.07, 6.45) is 8.90. The van der Waals surface area contributed by atoms with E-state index in [4.69, 9.17) is 0 Å². The van der Waals surface area contributed by atoms with E-state index in [1.54, 1.807) is 0 Å². The van der Waals surface area contributed by atoms with Crippen molar-refractivity contribution in [2.45, 2.75) is 70.3 Å². The first-order valence-corrected chi connectivity index (χ1v) is 9.60. The number of H-pyrrole nitrogens is 1. The Morgan fingerprint density at radius 2 is 2.00 bits per heavy atom. The van der Waals surface area contributed by atoms with Crippen molar-refractivity contribution in [1.82, 2.24) is 10.3 Å². The van der Waals surface area contributed by atoms with Gasteiger partial charge in [0.15, 0.2) is 0 Å². The van der Waals surface area contributed by atoms with E-state index in [1.807, 2.05) is 24.3 Å². The monoisotopic (exact) mass is 340 g/mol. The van der Waals surface area contributed by atoms with Gasteiger partial charge in [0.2, 0.25) is 11.5 Å². The molecule has 1 amide bonds. The molecule has 1 aliphatic carbocycles. The Morgan fingerprint density at radius 3 is 2.76 bits per heavy atom. The van der Waals surface area contributed by atoms with Gasteiger partial charge in [0, 0.05) is 17.6 Å². The third-order valence-electron chi connectivity index (χ3n) is 5.26. The van der Waals surface area contributed by atoms with Crippen LogP contribution in [0.1, 0.15) is 69.8 Å². The van der Waals surface area contributed by atoms with E-state index in [-0.39, 0.29) is 17.4 Å². The lowest BCUT2D eigenvalue weighted by Gasteiger charge is -2.26. The van der Waals surface area contributed by atoms with E-state index in [0.717, 1.165) is 48.6 Å². The van der Waals surface area contributed by atoms with Crippen molar-refractivity contribution in [1.29, 1.82) is 0 Å². The number of hydrogen-bond donors (Lipinski definition) is 2. The smallest absolute Gasteiger partial charge is 0.248 e. The molecule has 0 aliphatic heterocycles. The summed E-state index contributed by atoms with van der Waals surface area (Å²) in [5.41, 5.74) is 1.76. The van der Waals surface area contributed by atoms with Gasteiger partial charge in [-0.05, 0) is 48.4 Å². The van der Waals surface area contributed by atoms with E-state index in [9.17, 15) is 9.59 Å². The number of benzene rings is 1. The van der Waals surface area contributed by atoms with Crippen molar-refractivity contribution >= 4 is 16.8 Å². The summed E-state index contributed by atoms with van der Waals surface area (Å²) in [4.78, 5) is 27.2. The topological polar surface area (TPSA) is 62.0 Å². The average Bonchev–Trinajstić information content (AvgIpc) is 2.63. The largest absolute Gasteiger partial charge is 0.353 e. The minimum Gasteiger partial charge on any atom is -0.353 e. The highest BCUT2D eigenvalue weighted by Crippen LogP contribution is 2.26. The number of nitrogens with one attached hydrogen (secondary N) is 2. The fraction of sp³-hybridized carbons (Fsp3) is 0.524. The molecule has 0 saturated heterocycles. The Balaban J connectivity index is 1.82. The summed E-state index contributed by atoms with van der Waals surface area (Å²) < 4.78 is 0. The van der Waals surface area contributed by atoms with Crippen molar-refractivity contribution in [3.8, 4) is 0 Å². The first-order valence-electron chi connectivity index (χ1n) is 9.60. The molecule has 4 heteroatoms. The maximum absolute atomic E-state index is 12.9. The summed E-state index contributed by atoms with van der Waals surface area (Å²) in [5, 5.41) is 4.26. The van der Waals surface area contributed by atoms with Crippen LogP contribution in [0.3, 0.4) is 0 Å². The number of aromatic nitrogens is 1. The zero-order chi connectivity index (χ0) is 17.6. The average molecular weight is 340 g/mol. The van der Waals surface area contributed by atoms with E-state index in [0.29, 0.717) is 6.04 Å². The number of carbonyl (C=O) groups is 1. The summed E-state index contributed by atoms with van der Waals surface area (Å²) in [6.45, 7) is 2.15. The van der Waals surface area contributed by atoms with Gasteiger partial charge in [-0.1, -0.05) is 45.1 Å². The van der Waals surface area contributed by atoms with E-state index in [2.05, 4.69) is 17.2 Å². The minimum atomic E-state index is -0.113. The number of rotatable bonds is 6. The van der Waals surface area contributed by atoms with Gasteiger partial charge >= 0.3 is 0 Å². The van der Waals surface area contributed by atoms with Crippen molar-refractivity contribution in [2.75, 3.05) is 0 Å². The molecule has 0 spiro atoms. The number of pyridine rings is 1. The Bertz CT molecular complexity index is 775. The van der Waals surface area contributed by atoms with E-state index < -0.39 is 0 Å². The molecule has 4 nitrogen and oxygen atoms in total. The van der Waals surface area contributed by atoms with Crippen LogP contribution in [-0.4, -0.2) is 16.9 Å². The first kappa shape index (κ1) is 17.7. The van der Waals surface area contributed by atoms with Crippen LogP contribution in [0.5, 0.6) is 0 Å². The van der Waals surface area contributed by atoms with Crippen LogP contribution >= 0.6 is 0 Å². The highest BCUT2D eigenvalue weighted by molar-refractivity contribution is 5.86. The number of fused-ring (bicyclic) bond motifs is 1. The lowest BCUT2D eigenvalue weighted by Crippen LogP contribution is -2.39. The lowest BCUT2D eigenvalue weighted by atomic mass is 9.90. The maximum atomic E-state index is 12.9. The molecule has 0 radical (unpaired) electrons. The van der Waals surface area contributed by atoms with Gasteiger partial charge in [-0.2, -0.15) is 0 Å². The molecule has 2 aromatic rings. The maximum Gasteiger partial charge on any atom is 0.248 e. The van der Waals surface area contributed by atoms with Gasteiger partial charge in [-0.3, -0.25) is 9.59 Å². The van der Waals surface area contributed by atoms with Crippen molar-refractivity contribution in [3.63, 3.8) is 0 Å². The molecule has 0 bridgehead atoms. The van der Waals surface area contributed by atoms with E-state index in [1.165, 1.54) is 25.3 Å². The highest BCUT2D eigenvalue weighted by atomic mass is 16.2. The second kappa shape index (κ2) is 8.32. The first-order chi connectivity index (χ1) is 12.2. The minimum absolute atomic E-state index is 0.0992. The summed E-state index contributed by atoms with van der Waals surface area (Å²) in [5.74, 6) is 0.0438. The molecule has 3 rings (SSSR count). The number of carbonyl (C=O) groups excluding carboxylic acids is 1. The molecule has 2 N–H and O–H groups in total. The lowest BCUT2D eigenvalue weighted by molar-refractivity contribution is -0.123. The highest BCUT2D eigenvalue weighted by Gasteiger charge is 2.24. The zero-order valence-electron chi connectivity index (χ0n) is 15.0. The normalized spacial score (nSPS) is 16.7. The van der Waals surface area contributed by atoms with Crippen LogP contribution in [0.4, 0.5) is 0 Å². The Morgan fingerprint density at radius 1 is 1.20 bits per heavy atom. The quantitative estimate of drug-likeness (QED) is 0.826. The number of unbranched alkanes of at least 4 members (excludes halogenated alkanes) is 1. The molecule has 1 fully saturated rings. The van der Waals surface area contributed by atoms with Crippen LogP contribution in [0.25, 0.3) is 10.9 Å². The van der Waals surface area contributed by atoms with Crippen LogP contribution in [0.2, 0.25) is 0 Å². The Hall–Kier alpha value is -2.10. The molecule has 1 aliphatic rings. The summed E-state index contributed by atoms with van der Waals surface area (Å²) in [7, 11) is 0.